The zero-order valence-corrected chi connectivity index (χ0v) is 32.1. The lowest BCUT2D eigenvalue weighted by molar-refractivity contribution is 0.178. The normalized spacial score (nSPS) is 14.3. The summed E-state index contributed by atoms with van der Waals surface area (Å²) < 4.78 is 17.1. The molecule has 9 aromatic rings. The number of aromatic nitrogens is 2. The summed E-state index contributed by atoms with van der Waals surface area (Å²) in [6, 6.07) is 41.3. The summed E-state index contributed by atoms with van der Waals surface area (Å²) in [5.74, 6) is 2.10. The average molecular weight is 771 g/mol. The monoisotopic (exact) mass is 770 g/mol. The standard InChI is InChI=1S/C48H38N2O4S2/c51-45-37(29-55-47(45)49-39-21-7-1-15-31(39)32-16-2-8-22-40(32)49)35-19-5-11-25-43(35)53-27-13-14-28-54-44-26-12-6-20-36(44)38-30-56-48(46(38)52)50-41-23-9-3-17-33(41)34-18-4-10-24-42(34)50/h1-12,15-19,21-26,29-30,36,51-52H,13-14,20,27-28H2. The van der Waals surface area contributed by atoms with Crippen molar-refractivity contribution in [3.63, 3.8) is 0 Å². The van der Waals surface area contributed by atoms with E-state index >= 15 is 0 Å². The molecule has 1 aliphatic rings. The molecular formula is C48H38N2O4S2. The maximum absolute atomic E-state index is 11.7. The van der Waals surface area contributed by atoms with Gasteiger partial charge in [-0.1, -0.05) is 103 Å². The van der Waals surface area contributed by atoms with Crippen LogP contribution in [0.15, 0.2) is 156 Å². The predicted molar refractivity (Wildman–Crippen MR) is 231 cm³/mol. The van der Waals surface area contributed by atoms with Crippen molar-refractivity contribution >= 4 is 66.3 Å². The molecule has 1 atom stereocenters. The minimum atomic E-state index is -0.0630. The molecule has 0 spiro atoms. The Hall–Kier alpha value is -6.22. The van der Waals surface area contributed by atoms with Crippen LogP contribution in [0.4, 0.5) is 0 Å². The Morgan fingerprint density at radius 1 is 0.554 bits per heavy atom. The van der Waals surface area contributed by atoms with Gasteiger partial charge in [-0.05, 0) is 55.7 Å². The van der Waals surface area contributed by atoms with Crippen LogP contribution in [-0.2, 0) is 4.74 Å². The molecule has 8 heteroatoms. The molecule has 1 unspecified atom stereocenters. The molecule has 0 bridgehead atoms. The Balaban J connectivity index is 0.813. The molecule has 0 aliphatic heterocycles. The lowest BCUT2D eigenvalue weighted by Crippen LogP contribution is -2.09. The summed E-state index contributed by atoms with van der Waals surface area (Å²) in [5.41, 5.74) is 6.79. The van der Waals surface area contributed by atoms with E-state index in [0.29, 0.717) is 19.0 Å². The van der Waals surface area contributed by atoms with Crippen LogP contribution in [0.3, 0.4) is 0 Å². The number of fused-ring (bicyclic) bond motifs is 6. The number of para-hydroxylation sites is 5. The van der Waals surface area contributed by atoms with Crippen LogP contribution in [0, 0.1) is 0 Å². The molecule has 2 N–H and O–H groups in total. The third kappa shape index (κ3) is 5.76. The van der Waals surface area contributed by atoms with Crippen molar-refractivity contribution < 1.29 is 19.7 Å². The van der Waals surface area contributed by atoms with E-state index in [4.69, 9.17) is 9.47 Å². The number of aromatic hydroxyl groups is 2. The molecule has 6 nitrogen and oxygen atoms in total. The first-order valence-corrected chi connectivity index (χ1v) is 20.7. The molecule has 5 aromatic carbocycles. The van der Waals surface area contributed by atoms with Gasteiger partial charge in [0.1, 0.15) is 21.5 Å². The molecule has 1 aliphatic carbocycles. The van der Waals surface area contributed by atoms with E-state index in [-0.39, 0.29) is 11.7 Å². The summed E-state index contributed by atoms with van der Waals surface area (Å²) >= 11 is 3.10. The van der Waals surface area contributed by atoms with Crippen molar-refractivity contribution in [1.29, 1.82) is 0 Å². The van der Waals surface area contributed by atoms with Crippen LogP contribution in [0.1, 0.15) is 30.7 Å². The first kappa shape index (κ1) is 34.3. The summed E-state index contributed by atoms with van der Waals surface area (Å²) in [5, 5.41) is 33.8. The highest BCUT2D eigenvalue weighted by Gasteiger charge is 2.27. The maximum atomic E-state index is 11.7. The Bertz CT molecular complexity index is 2850. The first-order chi connectivity index (χ1) is 27.7. The Morgan fingerprint density at radius 3 is 1.66 bits per heavy atom. The highest BCUT2D eigenvalue weighted by atomic mass is 32.1. The molecular weight excluding hydrogens is 733 g/mol. The number of hydrogen-bond donors (Lipinski definition) is 2. The van der Waals surface area contributed by atoms with Gasteiger partial charge < -0.3 is 19.7 Å². The van der Waals surface area contributed by atoms with Crippen LogP contribution >= 0.6 is 22.7 Å². The van der Waals surface area contributed by atoms with Gasteiger partial charge in [0.05, 0.1) is 35.3 Å². The van der Waals surface area contributed by atoms with Crippen molar-refractivity contribution in [2.45, 2.75) is 25.2 Å². The number of thiophene rings is 2. The van der Waals surface area contributed by atoms with Gasteiger partial charge in [0.25, 0.3) is 0 Å². The number of rotatable bonds is 11. The molecule has 0 fully saturated rings. The molecule has 4 aromatic heterocycles. The largest absolute Gasteiger partial charge is 0.505 e. The van der Waals surface area contributed by atoms with E-state index in [2.05, 4.69) is 93.4 Å². The van der Waals surface area contributed by atoms with Gasteiger partial charge in [-0.2, -0.15) is 0 Å². The van der Waals surface area contributed by atoms with E-state index in [1.54, 1.807) is 11.3 Å². The van der Waals surface area contributed by atoms with E-state index in [1.165, 1.54) is 22.1 Å². The fraction of sp³-hybridized carbons (Fsp3) is 0.125. The van der Waals surface area contributed by atoms with Crippen LogP contribution in [0.2, 0.25) is 0 Å². The van der Waals surface area contributed by atoms with Crippen molar-refractivity contribution in [3.8, 4) is 38.4 Å². The van der Waals surface area contributed by atoms with E-state index < -0.39 is 0 Å². The van der Waals surface area contributed by atoms with Crippen LogP contribution in [0.5, 0.6) is 17.2 Å². The first-order valence-electron chi connectivity index (χ1n) is 19.0. The second-order valence-corrected chi connectivity index (χ2v) is 15.8. The van der Waals surface area contributed by atoms with Crippen molar-refractivity contribution in [1.82, 2.24) is 9.13 Å². The average Bonchev–Trinajstić information content (AvgIpc) is 3.99. The zero-order valence-electron chi connectivity index (χ0n) is 30.5. The fourth-order valence-electron chi connectivity index (χ4n) is 8.16. The van der Waals surface area contributed by atoms with Crippen molar-refractivity contribution in [3.05, 3.63) is 162 Å². The Kier molecular flexibility index (Phi) is 8.85. The lowest BCUT2D eigenvalue weighted by Gasteiger charge is -2.22. The number of allylic oxidation sites excluding steroid dienone is 4. The predicted octanol–water partition coefficient (Wildman–Crippen LogP) is 12.9. The van der Waals surface area contributed by atoms with Gasteiger partial charge in [0.15, 0.2) is 11.5 Å². The molecule has 0 amide bonds. The molecule has 0 saturated carbocycles. The summed E-state index contributed by atoms with van der Waals surface area (Å²) in [6.07, 6.45) is 8.56. The van der Waals surface area contributed by atoms with Gasteiger partial charge in [0, 0.05) is 54.9 Å². The number of nitrogens with zero attached hydrogens (tertiary/aromatic N) is 2. The number of benzene rings is 5. The summed E-state index contributed by atoms with van der Waals surface area (Å²) in [7, 11) is 0. The highest BCUT2D eigenvalue weighted by molar-refractivity contribution is 7.13. The number of unbranched alkanes of at least 4 members (excludes halogenated alkanes) is 1. The maximum Gasteiger partial charge on any atom is 0.158 e. The summed E-state index contributed by atoms with van der Waals surface area (Å²) in [4.78, 5) is 0. The van der Waals surface area contributed by atoms with E-state index in [1.807, 2.05) is 66.1 Å². The van der Waals surface area contributed by atoms with Crippen LogP contribution in [0.25, 0.3) is 64.7 Å². The highest BCUT2D eigenvalue weighted by Crippen LogP contribution is 2.47. The van der Waals surface area contributed by atoms with Crippen molar-refractivity contribution in [2.24, 2.45) is 0 Å². The second-order valence-electron chi connectivity index (χ2n) is 14.1. The molecule has 0 saturated heterocycles. The molecule has 56 heavy (non-hydrogen) atoms. The zero-order chi connectivity index (χ0) is 37.6. The van der Waals surface area contributed by atoms with Crippen LogP contribution in [-0.4, -0.2) is 32.6 Å². The molecule has 0 radical (unpaired) electrons. The Morgan fingerprint density at radius 2 is 1.05 bits per heavy atom. The minimum Gasteiger partial charge on any atom is -0.505 e. The SMILES string of the molecule is Oc1c(-c2ccccc2OCCCCOC2=CC=CCC2c2csc(-n3c4ccccc4c4ccccc43)c2O)csc1-n1c2ccccc2c2ccccc21. The van der Waals surface area contributed by atoms with Crippen LogP contribution < -0.4 is 4.74 Å². The van der Waals surface area contributed by atoms with Gasteiger partial charge in [-0.3, -0.25) is 9.13 Å². The van der Waals surface area contributed by atoms with E-state index in [0.717, 1.165) is 90.3 Å². The number of ether oxygens (including phenoxy) is 2. The fourth-order valence-corrected chi connectivity index (χ4v) is 10.2. The third-order valence-electron chi connectivity index (χ3n) is 10.8. The van der Waals surface area contributed by atoms with Gasteiger partial charge in [-0.15, -0.1) is 22.7 Å². The third-order valence-corrected chi connectivity index (χ3v) is 12.7. The summed E-state index contributed by atoms with van der Waals surface area (Å²) in [6.45, 7) is 1.06. The molecule has 276 valence electrons. The minimum absolute atomic E-state index is 0.0630. The van der Waals surface area contributed by atoms with Crippen molar-refractivity contribution in [2.75, 3.05) is 13.2 Å². The van der Waals surface area contributed by atoms with Gasteiger partial charge in [-0.25, -0.2) is 0 Å². The number of hydrogen-bond acceptors (Lipinski definition) is 6. The smallest absolute Gasteiger partial charge is 0.158 e. The van der Waals surface area contributed by atoms with Gasteiger partial charge >= 0.3 is 0 Å². The molecule has 10 rings (SSSR count). The van der Waals surface area contributed by atoms with Gasteiger partial charge in [0.2, 0.25) is 0 Å². The second kappa shape index (κ2) is 14.5. The topological polar surface area (TPSA) is 68.8 Å². The lowest BCUT2D eigenvalue weighted by atomic mass is 9.92. The molecule has 4 heterocycles. The Labute approximate surface area is 332 Å². The quantitative estimate of drug-likeness (QED) is 0.129. The van der Waals surface area contributed by atoms with E-state index in [9.17, 15) is 10.2 Å².